The summed E-state index contributed by atoms with van der Waals surface area (Å²) in [6, 6.07) is 3.49. The van der Waals surface area contributed by atoms with Crippen LogP contribution in [0.15, 0.2) is 29.6 Å². The van der Waals surface area contributed by atoms with Gasteiger partial charge in [0, 0.05) is 31.7 Å². The Morgan fingerprint density at radius 1 is 1.32 bits per heavy atom. The minimum absolute atomic E-state index is 0.0354. The molecule has 1 aliphatic rings. The fourth-order valence-electron chi connectivity index (χ4n) is 3.28. The summed E-state index contributed by atoms with van der Waals surface area (Å²) >= 11 is 0. The number of aliphatic hydroxyl groups is 1. The maximum Gasteiger partial charge on any atom is 0.260 e. The molecule has 25 heavy (non-hydrogen) atoms. The van der Waals surface area contributed by atoms with Gasteiger partial charge in [-0.25, -0.2) is 8.42 Å². The zero-order valence-corrected chi connectivity index (χ0v) is 15.3. The van der Waals surface area contributed by atoms with E-state index in [4.69, 9.17) is 5.11 Å². The molecule has 138 valence electrons. The number of aromatic nitrogens is 4. The summed E-state index contributed by atoms with van der Waals surface area (Å²) in [5.74, 6) is 0.0750. The average Bonchev–Trinajstić information content (AvgIpc) is 3.25. The molecule has 1 N–H and O–H groups in total. The van der Waals surface area contributed by atoms with Crippen molar-refractivity contribution < 1.29 is 13.5 Å². The lowest BCUT2D eigenvalue weighted by atomic mass is 9.96. The third-order valence-corrected chi connectivity index (χ3v) is 6.40. The highest BCUT2D eigenvalue weighted by Crippen LogP contribution is 2.29. The second kappa shape index (κ2) is 7.67. The molecule has 1 fully saturated rings. The highest BCUT2D eigenvalue weighted by atomic mass is 32.2. The highest BCUT2D eigenvalue weighted by Gasteiger charge is 2.33. The quantitative estimate of drug-likeness (QED) is 0.789. The van der Waals surface area contributed by atoms with Gasteiger partial charge in [-0.1, -0.05) is 6.92 Å². The van der Waals surface area contributed by atoms with E-state index in [1.807, 2.05) is 19.2 Å². The number of nitrogens with zero attached hydrogens (tertiary/aromatic N) is 5. The van der Waals surface area contributed by atoms with Gasteiger partial charge >= 0.3 is 0 Å². The molecule has 0 spiro atoms. The number of hydrogen-bond acceptors (Lipinski definition) is 5. The second-order valence-electron chi connectivity index (χ2n) is 6.32. The minimum Gasteiger partial charge on any atom is -0.394 e. The predicted molar refractivity (Wildman–Crippen MR) is 92.6 cm³/mol. The van der Waals surface area contributed by atoms with Crippen molar-refractivity contribution in [3.05, 3.63) is 30.2 Å². The Kier molecular flexibility index (Phi) is 5.55. The molecule has 3 heterocycles. The average molecular weight is 367 g/mol. The molecule has 2 aromatic rings. The van der Waals surface area contributed by atoms with Gasteiger partial charge in [-0.05, 0) is 31.4 Å². The largest absolute Gasteiger partial charge is 0.394 e. The topological polar surface area (TPSA) is 93.2 Å². The van der Waals surface area contributed by atoms with Gasteiger partial charge in [-0.3, -0.25) is 9.36 Å². The zero-order chi connectivity index (χ0) is 17.9. The highest BCUT2D eigenvalue weighted by molar-refractivity contribution is 7.89. The van der Waals surface area contributed by atoms with Crippen LogP contribution in [0.25, 0.3) is 0 Å². The monoisotopic (exact) mass is 367 g/mol. The van der Waals surface area contributed by atoms with Crippen LogP contribution in [0.2, 0.25) is 0 Å². The normalized spacial score (nSPS) is 19.4. The van der Waals surface area contributed by atoms with E-state index in [0.717, 1.165) is 25.0 Å². The summed E-state index contributed by atoms with van der Waals surface area (Å²) in [6.07, 6.45) is 5.92. The summed E-state index contributed by atoms with van der Waals surface area (Å²) in [5, 5.41) is 17.9. The molecule has 0 saturated carbocycles. The van der Waals surface area contributed by atoms with Crippen LogP contribution in [0, 0.1) is 0 Å². The van der Waals surface area contributed by atoms with E-state index in [-0.39, 0.29) is 17.6 Å². The lowest BCUT2D eigenvalue weighted by Gasteiger charge is -2.31. The molecule has 2 aromatic heterocycles. The Bertz CT molecular complexity index is 798. The maximum atomic E-state index is 13.0. The van der Waals surface area contributed by atoms with Crippen LogP contribution < -0.4 is 0 Å². The Labute approximate surface area is 148 Å². The van der Waals surface area contributed by atoms with Crippen molar-refractivity contribution in [1.82, 2.24) is 23.9 Å². The van der Waals surface area contributed by atoms with Crippen LogP contribution in [-0.4, -0.2) is 57.1 Å². The third kappa shape index (κ3) is 3.78. The van der Waals surface area contributed by atoms with Gasteiger partial charge < -0.3 is 5.11 Å². The second-order valence-corrected chi connectivity index (χ2v) is 8.21. The first-order valence-electron chi connectivity index (χ1n) is 8.72. The van der Waals surface area contributed by atoms with Gasteiger partial charge in [-0.2, -0.15) is 14.5 Å². The molecule has 0 radical (unpaired) electrons. The van der Waals surface area contributed by atoms with E-state index in [1.165, 1.54) is 0 Å². The van der Waals surface area contributed by atoms with Crippen LogP contribution in [0.4, 0.5) is 0 Å². The number of aryl methyl sites for hydroxylation is 1. The fraction of sp³-hybridized carbons (Fsp3) is 0.625. The molecular weight excluding hydrogens is 342 g/mol. The van der Waals surface area contributed by atoms with E-state index >= 15 is 0 Å². The van der Waals surface area contributed by atoms with Crippen LogP contribution in [0.3, 0.4) is 0 Å². The van der Waals surface area contributed by atoms with Crippen molar-refractivity contribution in [1.29, 1.82) is 0 Å². The van der Waals surface area contributed by atoms with Gasteiger partial charge in [0.2, 0.25) is 0 Å². The first kappa shape index (κ1) is 18.1. The SMILES string of the molecule is CCCn1nccc1S(=O)(=O)N1CCCC(c2ccn(CCO)n2)C1. The number of piperidine rings is 1. The van der Waals surface area contributed by atoms with Crippen molar-refractivity contribution in [2.75, 3.05) is 19.7 Å². The first-order chi connectivity index (χ1) is 12.1. The number of sulfonamides is 1. The summed E-state index contributed by atoms with van der Waals surface area (Å²) in [4.78, 5) is 0. The van der Waals surface area contributed by atoms with E-state index in [2.05, 4.69) is 10.2 Å². The van der Waals surface area contributed by atoms with E-state index in [0.29, 0.717) is 26.2 Å². The molecule has 0 amide bonds. The van der Waals surface area contributed by atoms with Crippen LogP contribution >= 0.6 is 0 Å². The van der Waals surface area contributed by atoms with Crippen molar-refractivity contribution in [2.24, 2.45) is 0 Å². The van der Waals surface area contributed by atoms with E-state index in [9.17, 15) is 8.42 Å². The number of rotatable bonds is 7. The number of aliphatic hydroxyl groups excluding tert-OH is 1. The van der Waals surface area contributed by atoms with Crippen LogP contribution in [-0.2, 0) is 23.1 Å². The standard InChI is InChI=1S/C16H25N5O3S/c1-2-8-21-16(5-7-17-21)25(23,24)20-9-3-4-14(13-20)15-6-10-19(18-15)11-12-22/h5-7,10,14,22H,2-4,8-9,11-13H2,1H3. The Balaban J connectivity index is 1.78. The Morgan fingerprint density at radius 3 is 2.92 bits per heavy atom. The summed E-state index contributed by atoms with van der Waals surface area (Å²) in [5.41, 5.74) is 0.885. The molecule has 3 rings (SSSR count). The van der Waals surface area contributed by atoms with Gasteiger partial charge in [-0.15, -0.1) is 0 Å². The van der Waals surface area contributed by atoms with Gasteiger partial charge in [0.15, 0.2) is 5.03 Å². The van der Waals surface area contributed by atoms with Crippen LogP contribution in [0.5, 0.6) is 0 Å². The van der Waals surface area contributed by atoms with E-state index in [1.54, 1.807) is 25.9 Å². The van der Waals surface area contributed by atoms with Gasteiger partial charge in [0.25, 0.3) is 10.0 Å². The van der Waals surface area contributed by atoms with Crippen molar-refractivity contribution in [3.8, 4) is 0 Å². The number of hydrogen-bond donors (Lipinski definition) is 1. The molecule has 0 aromatic carbocycles. The summed E-state index contributed by atoms with van der Waals surface area (Å²) in [6.45, 7) is 4.02. The van der Waals surface area contributed by atoms with Crippen LogP contribution in [0.1, 0.15) is 37.8 Å². The molecule has 1 unspecified atom stereocenters. The third-order valence-electron chi connectivity index (χ3n) is 4.51. The minimum atomic E-state index is -3.56. The van der Waals surface area contributed by atoms with Crippen molar-refractivity contribution in [3.63, 3.8) is 0 Å². The molecule has 8 nitrogen and oxygen atoms in total. The van der Waals surface area contributed by atoms with Gasteiger partial charge in [0.05, 0.1) is 25.0 Å². The Morgan fingerprint density at radius 2 is 2.16 bits per heavy atom. The molecular formula is C16H25N5O3S. The zero-order valence-electron chi connectivity index (χ0n) is 14.5. The molecule has 9 heteroatoms. The predicted octanol–water partition coefficient (Wildman–Crippen LogP) is 1.05. The molecule has 1 aliphatic heterocycles. The van der Waals surface area contributed by atoms with Crippen molar-refractivity contribution >= 4 is 10.0 Å². The first-order valence-corrected chi connectivity index (χ1v) is 10.2. The maximum absolute atomic E-state index is 13.0. The lowest BCUT2D eigenvalue weighted by Crippen LogP contribution is -2.40. The fourth-order valence-corrected chi connectivity index (χ4v) is 4.92. The summed E-state index contributed by atoms with van der Waals surface area (Å²) in [7, 11) is -3.56. The molecule has 1 saturated heterocycles. The smallest absolute Gasteiger partial charge is 0.260 e. The molecule has 0 aliphatic carbocycles. The molecule has 1 atom stereocenters. The van der Waals surface area contributed by atoms with E-state index < -0.39 is 10.0 Å². The lowest BCUT2D eigenvalue weighted by molar-refractivity contribution is 0.267. The van der Waals surface area contributed by atoms with Gasteiger partial charge in [0.1, 0.15) is 0 Å². The Hall–Kier alpha value is -1.71. The summed E-state index contributed by atoms with van der Waals surface area (Å²) < 4.78 is 30.9. The van der Waals surface area contributed by atoms with Crippen molar-refractivity contribution in [2.45, 2.75) is 50.2 Å². The molecule has 0 bridgehead atoms.